The zero-order valence-electron chi connectivity index (χ0n) is 10.1. The lowest BCUT2D eigenvalue weighted by Gasteiger charge is -2.21. The van der Waals surface area contributed by atoms with Crippen molar-refractivity contribution in [1.29, 1.82) is 0 Å². The maximum absolute atomic E-state index is 10.9. The van der Waals surface area contributed by atoms with Crippen LogP contribution in [0.1, 0.15) is 27.2 Å². The summed E-state index contributed by atoms with van der Waals surface area (Å²) in [7, 11) is 0. The van der Waals surface area contributed by atoms with Crippen LogP contribution in [0, 0.1) is 16.0 Å². The molecular weight excluding hydrogens is 242 g/mol. The van der Waals surface area contributed by atoms with Gasteiger partial charge >= 0.3 is 5.69 Å². The van der Waals surface area contributed by atoms with E-state index in [9.17, 15) is 10.1 Å². The second-order valence-electron chi connectivity index (χ2n) is 4.16. The van der Waals surface area contributed by atoms with E-state index >= 15 is 0 Å². The molecule has 0 aliphatic carbocycles. The molecule has 1 aromatic rings. The van der Waals surface area contributed by atoms with Crippen LogP contribution in [0.25, 0.3) is 0 Å². The van der Waals surface area contributed by atoms with Gasteiger partial charge in [-0.3, -0.25) is 10.1 Å². The van der Waals surface area contributed by atoms with E-state index in [2.05, 4.69) is 24.1 Å². The summed E-state index contributed by atoms with van der Waals surface area (Å²) in [6.45, 7) is 6.13. The fraction of sp³-hybridized carbons (Fsp3) is 0.545. The molecule has 0 saturated carbocycles. The summed E-state index contributed by atoms with van der Waals surface area (Å²) in [5, 5.41) is 14.2. The zero-order chi connectivity index (χ0) is 13.0. The van der Waals surface area contributed by atoms with Crippen LogP contribution in [0.2, 0.25) is 5.15 Å². The molecule has 17 heavy (non-hydrogen) atoms. The highest BCUT2D eigenvalue weighted by Gasteiger charge is 2.19. The van der Waals surface area contributed by atoms with E-state index in [-0.39, 0.29) is 22.7 Å². The first-order valence-electron chi connectivity index (χ1n) is 5.53. The Hall–Kier alpha value is -1.36. The Morgan fingerprint density at radius 2 is 2.18 bits per heavy atom. The molecule has 0 spiro atoms. The smallest absolute Gasteiger partial charge is 0.311 e. The van der Waals surface area contributed by atoms with Crippen molar-refractivity contribution in [1.82, 2.24) is 4.98 Å². The quantitative estimate of drug-likeness (QED) is 0.498. The summed E-state index contributed by atoms with van der Waals surface area (Å²) >= 11 is 5.75. The molecule has 0 saturated heterocycles. The van der Waals surface area contributed by atoms with Crippen molar-refractivity contribution in [3.63, 3.8) is 0 Å². The summed E-state index contributed by atoms with van der Waals surface area (Å²) < 4.78 is 0. The Morgan fingerprint density at radius 3 is 2.65 bits per heavy atom. The summed E-state index contributed by atoms with van der Waals surface area (Å²) in [5.41, 5.74) is -0.0477. The lowest BCUT2D eigenvalue weighted by Crippen LogP contribution is -2.25. The van der Waals surface area contributed by atoms with Gasteiger partial charge in [0.15, 0.2) is 0 Å². The summed E-state index contributed by atoms with van der Waals surface area (Å²) in [6, 6.07) is 2.92. The van der Waals surface area contributed by atoms with Crippen molar-refractivity contribution < 1.29 is 4.92 Å². The molecule has 0 aromatic carbocycles. The van der Waals surface area contributed by atoms with E-state index in [1.54, 1.807) is 0 Å². The van der Waals surface area contributed by atoms with Gasteiger partial charge in [0.2, 0.25) is 5.82 Å². The second-order valence-corrected chi connectivity index (χ2v) is 4.55. The van der Waals surface area contributed by atoms with E-state index in [0.717, 1.165) is 6.42 Å². The number of rotatable bonds is 5. The van der Waals surface area contributed by atoms with Crippen LogP contribution in [-0.2, 0) is 0 Å². The number of nitro groups is 1. The molecule has 0 fully saturated rings. The molecule has 1 unspecified atom stereocenters. The summed E-state index contributed by atoms with van der Waals surface area (Å²) in [6.07, 6.45) is 0.864. The molecule has 1 rings (SSSR count). The third-order valence-corrected chi connectivity index (χ3v) is 2.81. The topological polar surface area (TPSA) is 68.1 Å². The van der Waals surface area contributed by atoms with Crippen LogP contribution in [-0.4, -0.2) is 15.9 Å². The van der Waals surface area contributed by atoms with Crippen molar-refractivity contribution in [2.45, 2.75) is 33.2 Å². The molecule has 1 heterocycles. The standard InChI is InChI=1S/C11H16ClN3O2/c1-4-8(7(2)3)13-11-9(15(16)17)5-6-10(12)14-11/h5-8H,4H2,1-3H3,(H,13,14). The largest absolute Gasteiger partial charge is 0.361 e. The predicted molar refractivity (Wildman–Crippen MR) is 68.4 cm³/mol. The fourth-order valence-corrected chi connectivity index (χ4v) is 1.74. The Labute approximate surface area is 105 Å². The minimum absolute atomic E-state index is 0.0477. The number of halogens is 1. The molecule has 1 aromatic heterocycles. The Bertz CT molecular complexity index is 410. The molecule has 0 amide bonds. The molecule has 0 bridgehead atoms. The van der Waals surface area contributed by atoms with Crippen LogP contribution in [0.15, 0.2) is 12.1 Å². The van der Waals surface area contributed by atoms with Crippen LogP contribution in [0.5, 0.6) is 0 Å². The van der Waals surface area contributed by atoms with Crippen molar-refractivity contribution in [3.05, 3.63) is 27.4 Å². The summed E-state index contributed by atoms with van der Waals surface area (Å²) in [4.78, 5) is 14.4. The van der Waals surface area contributed by atoms with Gasteiger partial charge in [-0.05, 0) is 18.4 Å². The van der Waals surface area contributed by atoms with Crippen LogP contribution >= 0.6 is 11.6 Å². The van der Waals surface area contributed by atoms with Crippen LogP contribution in [0.3, 0.4) is 0 Å². The van der Waals surface area contributed by atoms with Crippen LogP contribution in [0.4, 0.5) is 11.5 Å². The third-order valence-electron chi connectivity index (χ3n) is 2.60. The number of nitrogens with one attached hydrogen (secondary N) is 1. The minimum atomic E-state index is -0.460. The highest BCUT2D eigenvalue weighted by molar-refractivity contribution is 6.29. The maximum atomic E-state index is 10.9. The molecule has 0 aliphatic heterocycles. The number of aromatic nitrogens is 1. The predicted octanol–water partition coefficient (Wildman–Crippen LogP) is 3.49. The van der Waals surface area contributed by atoms with E-state index in [1.807, 2.05) is 6.92 Å². The number of hydrogen-bond acceptors (Lipinski definition) is 4. The van der Waals surface area contributed by atoms with Gasteiger partial charge in [0.1, 0.15) is 5.15 Å². The highest BCUT2D eigenvalue weighted by atomic mass is 35.5. The van der Waals surface area contributed by atoms with Crippen LogP contribution < -0.4 is 5.32 Å². The monoisotopic (exact) mass is 257 g/mol. The molecular formula is C11H16ClN3O2. The van der Waals surface area contributed by atoms with E-state index in [4.69, 9.17) is 11.6 Å². The zero-order valence-corrected chi connectivity index (χ0v) is 10.9. The number of pyridine rings is 1. The molecule has 0 aliphatic rings. The van der Waals surface area contributed by atoms with E-state index in [0.29, 0.717) is 5.92 Å². The number of anilines is 1. The van der Waals surface area contributed by atoms with Gasteiger partial charge in [0.25, 0.3) is 0 Å². The fourth-order valence-electron chi connectivity index (χ4n) is 1.60. The third kappa shape index (κ3) is 3.56. The van der Waals surface area contributed by atoms with Gasteiger partial charge in [-0.15, -0.1) is 0 Å². The van der Waals surface area contributed by atoms with Crippen molar-refractivity contribution in [2.75, 3.05) is 5.32 Å². The molecule has 94 valence electrons. The molecule has 5 nitrogen and oxygen atoms in total. The second kappa shape index (κ2) is 5.82. The van der Waals surface area contributed by atoms with Gasteiger partial charge in [0.05, 0.1) is 4.92 Å². The van der Waals surface area contributed by atoms with Crippen molar-refractivity contribution in [2.24, 2.45) is 5.92 Å². The van der Waals surface area contributed by atoms with Gasteiger partial charge in [-0.25, -0.2) is 4.98 Å². The lowest BCUT2D eigenvalue weighted by atomic mass is 10.0. The Balaban J connectivity index is 3.03. The number of nitrogens with zero attached hydrogens (tertiary/aromatic N) is 2. The molecule has 0 radical (unpaired) electrons. The maximum Gasteiger partial charge on any atom is 0.311 e. The first kappa shape index (κ1) is 13.7. The average molecular weight is 258 g/mol. The summed E-state index contributed by atoms with van der Waals surface area (Å²) in [5.74, 6) is 0.600. The first-order chi connectivity index (χ1) is 7.95. The molecule has 1 N–H and O–H groups in total. The average Bonchev–Trinajstić information content (AvgIpc) is 2.25. The Morgan fingerprint density at radius 1 is 1.53 bits per heavy atom. The molecule has 6 heteroatoms. The van der Waals surface area contributed by atoms with Gasteiger partial charge in [-0.1, -0.05) is 32.4 Å². The van der Waals surface area contributed by atoms with Crippen molar-refractivity contribution >= 4 is 23.1 Å². The normalized spacial score (nSPS) is 12.5. The highest BCUT2D eigenvalue weighted by Crippen LogP contribution is 2.26. The lowest BCUT2D eigenvalue weighted by molar-refractivity contribution is -0.384. The van der Waals surface area contributed by atoms with E-state index < -0.39 is 4.92 Å². The van der Waals surface area contributed by atoms with E-state index in [1.165, 1.54) is 12.1 Å². The van der Waals surface area contributed by atoms with Gasteiger partial charge in [0, 0.05) is 12.1 Å². The first-order valence-corrected chi connectivity index (χ1v) is 5.91. The number of hydrogen-bond donors (Lipinski definition) is 1. The van der Waals surface area contributed by atoms with Gasteiger partial charge < -0.3 is 5.32 Å². The Kier molecular flexibility index (Phi) is 4.69. The minimum Gasteiger partial charge on any atom is -0.361 e. The van der Waals surface area contributed by atoms with Crippen molar-refractivity contribution in [3.8, 4) is 0 Å². The van der Waals surface area contributed by atoms with Gasteiger partial charge in [-0.2, -0.15) is 0 Å². The SMILES string of the molecule is CCC(Nc1nc(Cl)ccc1[N+](=O)[O-])C(C)C. The molecule has 1 atom stereocenters.